The second-order valence-electron chi connectivity index (χ2n) is 6.95. The summed E-state index contributed by atoms with van der Waals surface area (Å²) in [5.41, 5.74) is 1.34. The molecule has 0 N–H and O–H groups in total. The number of benzene rings is 1. The molecule has 1 aromatic carbocycles. The van der Waals surface area contributed by atoms with Crippen LogP contribution >= 0.6 is 0 Å². The van der Waals surface area contributed by atoms with Crippen LogP contribution in [0.2, 0.25) is 0 Å². The van der Waals surface area contributed by atoms with Crippen LogP contribution in [0.15, 0.2) is 30.3 Å². The Hall–Kier alpha value is -0.900. The fourth-order valence-electron chi connectivity index (χ4n) is 3.17. The smallest absolute Gasteiger partial charge is 0.0753 e. The van der Waals surface area contributed by atoms with Crippen LogP contribution in [0.3, 0.4) is 0 Å². The molecule has 124 valence electrons. The molecule has 0 unspecified atom stereocenters. The second kappa shape index (κ2) is 8.66. The highest BCUT2D eigenvalue weighted by atomic mass is 16.5. The monoisotopic (exact) mass is 304 g/mol. The Morgan fingerprint density at radius 2 is 1.68 bits per heavy atom. The molecule has 1 heterocycles. The van der Waals surface area contributed by atoms with Gasteiger partial charge in [0.2, 0.25) is 0 Å². The lowest BCUT2D eigenvalue weighted by Crippen LogP contribution is -2.41. The first kappa shape index (κ1) is 17.5. The second-order valence-corrected chi connectivity index (χ2v) is 6.95. The Morgan fingerprint density at radius 3 is 2.36 bits per heavy atom. The van der Waals surface area contributed by atoms with E-state index in [1.54, 1.807) is 0 Å². The minimum absolute atomic E-state index is 0.0568. The van der Waals surface area contributed by atoms with Crippen molar-refractivity contribution in [2.75, 3.05) is 39.3 Å². The zero-order valence-electron chi connectivity index (χ0n) is 14.6. The van der Waals surface area contributed by atoms with Crippen LogP contribution < -0.4 is 0 Å². The van der Waals surface area contributed by atoms with Gasteiger partial charge < -0.3 is 9.64 Å². The van der Waals surface area contributed by atoms with Crippen molar-refractivity contribution in [2.45, 2.75) is 45.8 Å². The molecule has 1 fully saturated rings. The summed E-state index contributed by atoms with van der Waals surface area (Å²) in [5, 5.41) is 0. The van der Waals surface area contributed by atoms with Crippen LogP contribution in [0.25, 0.3) is 0 Å². The van der Waals surface area contributed by atoms with Gasteiger partial charge in [0.15, 0.2) is 0 Å². The maximum absolute atomic E-state index is 6.18. The summed E-state index contributed by atoms with van der Waals surface area (Å²) in [7, 11) is 0. The zero-order chi connectivity index (χ0) is 15.8. The van der Waals surface area contributed by atoms with Gasteiger partial charge in [-0.25, -0.2) is 0 Å². The molecule has 22 heavy (non-hydrogen) atoms. The Bertz CT molecular complexity index is 419. The van der Waals surface area contributed by atoms with Crippen LogP contribution in [0.1, 0.15) is 39.2 Å². The minimum Gasteiger partial charge on any atom is -0.373 e. The molecular weight excluding hydrogens is 272 g/mol. The largest absolute Gasteiger partial charge is 0.373 e. The SMILES string of the molecule is CCN1CCCCN(Cc2ccccc2)CCOC(C)(C)C1. The van der Waals surface area contributed by atoms with Crippen LogP contribution in [-0.4, -0.2) is 54.7 Å². The van der Waals surface area contributed by atoms with Gasteiger partial charge in [-0.3, -0.25) is 4.90 Å². The molecule has 1 aliphatic heterocycles. The van der Waals surface area contributed by atoms with Crippen molar-refractivity contribution in [1.82, 2.24) is 9.80 Å². The molecule has 1 aromatic rings. The highest BCUT2D eigenvalue weighted by Gasteiger charge is 2.22. The number of ether oxygens (including phenoxy) is 1. The van der Waals surface area contributed by atoms with Crippen LogP contribution in [0.5, 0.6) is 0 Å². The van der Waals surface area contributed by atoms with Gasteiger partial charge in [-0.1, -0.05) is 37.3 Å². The van der Waals surface area contributed by atoms with Crippen LogP contribution in [-0.2, 0) is 11.3 Å². The Morgan fingerprint density at radius 1 is 1.00 bits per heavy atom. The van der Waals surface area contributed by atoms with E-state index in [1.807, 2.05) is 0 Å². The van der Waals surface area contributed by atoms with Crippen molar-refractivity contribution in [3.63, 3.8) is 0 Å². The number of nitrogens with zero attached hydrogens (tertiary/aromatic N) is 2. The lowest BCUT2D eigenvalue weighted by molar-refractivity contribution is -0.0446. The van der Waals surface area contributed by atoms with Crippen molar-refractivity contribution >= 4 is 0 Å². The van der Waals surface area contributed by atoms with Gasteiger partial charge in [0.25, 0.3) is 0 Å². The summed E-state index contributed by atoms with van der Waals surface area (Å²) < 4.78 is 6.18. The Labute approximate surface area is 136 Å². The Kier molecular flexibility index (Phi) is 6.87. The predicted octanol–water partition coefficient (Wildman–Crippen LogP) is 3.40. The van der Waals surface area contributed by atoms with Gasteiger partial charge >= 0.3 is 0 Å². The highest BCUT2D eigenvalue weighted by molar-refractivity contribution is 5.14. The molecule has 0 atom stereocenters. The molecule has 0 spiro atoms. The average Bonchev–Trinajstić information content (AvgIpc) is 2.53. The predicted molar refractivity (Wildman–Crippen MR) is 93.1 cm³/mol. The van der Waals surface area contributed by atoms with Gasteiger partial charge in [0, 0.05) is 19.6 Å². The van der Waals surface area contributed by atoms with Crippen molar-refractivity contribution in [2.24, 2.45) is 0 Å². The third-order valence-electron chi connectivity index (χ3n) is 4.40. The number of likely N-dealkylation sites (N-methyl/N-ethyl adjacent to an activating group) is 1. The quantitative estimate of drug-likeness (QED) is 0.851. The van der Waals surface area contributed by atoms with E-state index in [2.05, 4.69) is 60.9 Å². The molecule has 1 aliphatic rings. The lowest BCUT2D eigenvalue weighted by Gasteiger charge is -2.32. The summed E-state index contributed by atoms with van der Waals surface area (Å²) in [6.07, 6.45) is 2.54. The molecule has 0 amide bonds. The lowest BCUT2D eigenvalue weighted by atomic mass is 10.1. The topological polar surface area (TPSA) is 15.7 Å². The third-order valence-corrected chi connectivity index (χ3v) is 4.40. The summed E-state index contributed by atoms with van der Waals surface area (Å²) in [4.78, 5) is 5.06. The van der Waals surface area contributed by atoms with E-state index < -0.39 is 0 Å². The van der Waals surface area contributed by atoms with Crippen molar-refractivity contribution in [3.05, 3.63) is 35.9 Å². The third kappa shape index (κ3) is 6.07. The first-order valence-corrected chi connectivity index (χ1v) is 8.72. The van der Waals surface area contributed by atoms with Crippen molar-refractivity contribution in [1.29, 1.82) is 0 Å². The van der Waals surface area contributed by atoms with Crippen molar-refractivity contribution < 1.29 is 4.74 Å². The molecular formula is C19H32N2O. The molecule has 0 radical (unpaired) electrons. The number of hydrogen-bond acceptors (Lipinski definition) is 3. The summed E-state index contributed by atoms with van der Waals surface area (Å²) in [6, 6.07) is 10.8. The standard InChI is InChI=1S/C19H32N2O/c1-4-20-12-8-9-13-21(14-15-22-19(2,3)17-20)16-18-10-6-5-7-11-18/h5-7,10-11H,4,8-9,12-17H2,1-3H3. The van der Waals surface area contributed by atoms with Gasteiger partial charge in [-0.15, -0.1) is 0 Å². The summed E-state index contributed by atoms with van der Waals surface area (Å²) in [6.45, 7) is 14.0. The zero-order valence-corrected chi connectivity index (χ0v) is 14.6. The maximum atomic E-state index is 6.18. The molecule has 3 nitrogen and oxygen atoms in total. The molecule has 0 aromatic heterocycles. The van der Waals surface area contributed by atoms with E-state index >= 15 is 0 Å². The normalized spacial score (nSPS) is 22.1. The first-order chi connectivity index (χ1) is 10.6. The van der Waals surface area contributed by atoms with Gasteiger partial charge in [0.1, 0.15) is 0 Å². The van der Waals surface area contributed by atoms with Gasteiger partial charge in [0.05, 0.1) is 12.2 Å². The number of rotatable bonds is 3. The van der Waals surface area contributed by atoms with E-state index in [0.29, 0.717) is 0 Å². The number of hydrogen-bond donors (Lipinski definition) is 0. The van der Waals surface area contributed by atoms with E-state index in [1.165, 1.54) is 24.9 Å². The molecule has 0 saturated carbocycles. The molecule has 0 aliphatic carbocycles. The molecule has 1 saturated heterocycles. The van der Waals surface area contributed by atoms with E-state index in [9.17, 15) is 0 Å². The van der Waals surface area contributed by atoms with Crippen molar-refractivity contribution in [3.8, 4) is 0 Å². The Balaban J connectivity index is 1.94. The molecule has 0 bridgehead atoms. The summed E-state index contributed by atoms with van der Waals surface area (Å²) >= 11 is 0. The minimum atomic E-state index is -0.0568. The fourth-order valence-corrected chi connectivity index (χ4v) is 3.17. The first-order valence-electron chi connectivity index (χ1n) is 8.72. The molecule has 3 heteroatoms. The average molecular weight is 304 g/mol. The van der Waals surface area contributed by atoms with E-state index in [-0.39, 0.29) is 5.60 Å². The van der Waals surface area contributed by atoms with Crippen LogP contribution in [0, 0.1) is 0 Å². The maximum Gasteiger partial charge on any atom is 0.0753 e. The van der Waals surface area contributed by atoms with Gasteiger partial charge in [-0.05, 0) is 51.9 Å². The van der Waals surface area contributed by atoms with E-state index in [0.717, 1.165) is 39.3 Å². The molecule has 2 rings (SSSR count). The fraction of sp³-hybridized carbons (Fsp3) is 0.684. The van der Waals surface area contributed by atoms with Crippen LogP contribution in [0.4, 0.5) is 0 Å². The summed E-state index contributed by atoms with van der Waals surface area (Å²) in [5.74, 6) is 0. The van der Waals surface area contributed by atoms with Gasteiger partial charge in [-0.2, -0.15) is 0 Å². The van der Waals surface area contributed by atoms with E-state index in [4.69, 9.17) is 4.74 Å². The highest BCUT2D eigenvalue weighted by Crippen LogP contribution is 2.15.